The molecule has 21 heavy (non-hydrogen) atoms. The summed E-state index contributed by atoms with van der Waals surface area (Å²) in [6.45, 7) is 6.12. The molecule has 1 heterocycles. The van der Waals surface area contributed by atoms with E-state index < -0.39 is 43.1 Å². The second-order valence-electron chi connectivity index (χ2n) is 4.13. The second kappa shape index (κ2) is 5.60. The van der Waals surface area contributed by atoms with Gasteiger partial charge in [-0.1, -0.05) is 0 Å². The molecule has 0 aliphatic carbocycles. The Labute approximate surface area is 114 Å². The molecule has 0 spiro atoms. The van der Waals surface area contributed by atoms with Crippen LogP contribution in [-0.2, 0) is 12.7 Å². The SMILES string of the molecule is [C-]#[N+]C(C#N)(CCC(F)(F)F)Cn1cnc(C(F)(F)F)n1. The minimum atomic E-state index is -4.81. The van der Waals surface area contributed by atoms with Gasteiger partial charge in [-0.15, -0.1) is 5.10 Å². The van der Waals surface area contributed by atoms with Crippen molar-refractivity contribution in [2.75, 3.05) is 0 Å². The molecule has 0 aromatic carbocycles. The first-order valence-corrected chi connectivity index (χ1v) is 5.35. The molecule has 1 atom stereocenters. The maximum atomic E-state index is 12.3. The van der Waals surface area contributed by atoms with E-state index in [1.807, 2.05) is 0 Å². The molecule has 1 aromatic rings. The highest BCUT2D eigenvalue weighted by Crippen LogP contribution is 2.30. The van der Waals surface area contributed by atoms with E-state index >= 15 is 0 Å². The lowest BCUT2D eigenvalue weighted by Crippen LogP contribution is -2.31. The van der Waals surface area contributed by atoms with Gasteiger partial charge in [-0.05, 0) is 0 Å². The highest BCUT2D eigenvalue weighted by molar-refractivity contribution is 5.15. The molecule has 1 aromatic heterocycles. The first-order chi connectivity index (χ1) is 9.51. The summed E-state index contributed by atoms with van der Waals surface area (Å²) in [7, 11) is 0. The lowest BCUT2D eigenvalue weighted by molar-refractivity contribution is -0.145. The van der Waals surface area contributed by atoms with Crippen LogP contribution in [0.15, 0.2) is 6.33 Å². The molecular formula is C10H7F6N5. The van der Waals surface area contributed by atoms with E-state index in [9.17, 15) is 26.3 Å². The number of nitriles is 1. The molecule has 0 saturated carbocycles. The largest absolute Gasteiger partial charge is 0.453 e. The van der Waals surface area contributed by atoms with E-state index in [-0.39, 0.29) is 0 Å². The highest BCUT2D eigenvalue weighted by Gasteiger charge is 2.43. The van der Waals surface area contributed by atoms with Crippen molar-refractivity contribution < 1.29 is 26.3 Å². The van der Waals surface area contributed by atoms with Crippen molar-refractivity contribution in [3.63, 3.8) is 0 Å². The van der Waals surface area contributed by atoms with E-state index in [2.05, 4.69) is 14.9 Å². The molecule has 0 fully saturated rings. The molecule has 0 saturated heterocycles. The zero-order valence-corrected chi connectivity index (χ0v) is 10.2. The van der Waals surface area contributed by atoms with Gasteiger partial charge in [0.05, 0.1) is 12.8 Å². The Morgan fingerprint density at radius 1 is 1.24 bits per heavy atom. The van der Waals surface area contributed by atoms with E-state index in [0.29, 0.717) is 11.0 Å². The van der Waals surface area contributed by atoms with Crippen molar-refractivity contribution in [2.45, 2.75) is 37.3 Å². The van der Waals surface area contributed by atoms with Gasteiger partial charge in [0, 0.05) is 0 Å². The van der Waals surface area contributed by atoms with Crippen LogP contribution < -0.4 is 0 Å². The van der Waals surface area contributed by atoms with Crippen LogP contribution >= 0.6 is 0 Å². The lowest BCUT2D eigenvalue weighted by Gasteiger charge is -2.15. The van der Waals surface area contributed by atoms with Crippen molar-refractivity contribution >= 4 is 0 Å². The predicted molar refractivity (Wildman–Crippen MR) is 55.3 cm³/mol. The Balaban J connectivity index is 2.92. The predicted octanol–water partition coefficient (Wildman–Crippen LogP) is 2.82. The third-order valence-corrected chi connectivity index (χ3v) is 2.46. The minimum Gasteiger partial charge on any atom is -0.292 e. The molecule has 0 aliphatic rings. The number of halogens is 6. The molecular weight excluding hydrogens is 304 g/mol. The molecule has 11 heteroatoms. The normalized spacial score (nSPS) is 15.0. The van der Waals surface area contributed by atoms with Gasteiger partial charge in [-0.2, -0.15) is 31.6 Å². The Bertz CT molecular complexity index is 558. The average molecular weight is 311 g/mol. The molecule has 5 nitrogen and oxygen atoms in total. The zero-order valence-electron chi connectivity index (χ0n) is 10.2. The maximum absolute atomic E-state index is 12.3. The van der Waals surface area contributed by atoms with Crippen LogP contribution in [0.3, 0.4) is 0 Å². The van der Waals surface area contributed by atoms with Gasteiger partial charge >= 0.3 is 17.9 Å². The molecule has 0 aliphatic heterocycles. The van der Waals surface area contributed by atoms with Crippen LogP contribution in [0.25, 0.3) is 4.85 Å². The molecule has 0 bridgehead atoms. The molecule has 0 N–H and O–H groups in total. The number of nitrogens with zero attached hydrogens (tertiary/aromatic N) is 5. The summed E-state index contributed by atoms with van der Waals surface area (Å²) in [6.07, 6.45) is -11.0. The first kappa shape index (κ1) is 16.8. The van der Waals surface area contributed by atoms with Crippen molar-refractivity contribution in [3.8, 4) is 6.07 Å². The number of rotatable bonds is 4. The van der Waals surface area contributed by atoms with E-state index in [4.69, 9.17) is 11.8 Å². The van der Waals surface area contributed by atoms with Crippen molar-refractivity contribution in [3.05, 3.63) is 23.6 Å². The second-order valence-corrected chi connectivity index (χ2v) is 4.13. The van der Waals surface area contributed by atoms with Gasteiger partial charge in [0.25, 0.3) is 5.82 Å². The summed E-state index contributed by atoms with van der Waals surface area (Å²) in [6, 6.07) is 1.41. The standard InChI is InChI=1S/C10H7F6N5/c1-18-8(4-17,2-3-9(11,12)13)5-21-6-19-7(20-21)10(14,15)16/h6H,2-3,5H2. The zero-order chi connectivity index (χ0) is 16.3. The monoisotopic (exact) mass is 311 g/mol. The van der Waals surface area contributed by atoms with E-state index in [1.165, 1.54) is 6.07 Å². The van der Waals surface area contributed by atoms with Gasteiger partial charge in [0.1, 0.15) is 12.9 Å². The van der Waals surface area contributed by atoms with Crippen LogP contribution in [0.1, 0.15) is 18.7 Å². The summed E-state index contributed by atoms with van der Waals surface area (Å²) < 4.78 is 73.9. The lowest BCUT2D eigenvalue weighted by atomic mass is 9.96. The van der Waals surface area contributed by atoms with Crippen LogP contribution in [0, 0.1) is 17.9 Å². The topological polar surface area (TPSA) is 58.9 Å². The Morgan fingerprint density at radius 2 is 1.86 bits per heavy atom. The third kappa shape index (κ3) is 4.63. The minimum absolute atomic E-state index is 0.542. The van der Waals surface area contributed by atoms with Gasteiger partial charge < -0.3 is 0 Å². The number of hydrogen-bond acceptors (Lipinski definition) is 3. The number of hydrogen-bond donors (Lipinski definition) is 0. The van der Waals surface area contributed by atoms with Crippen LogP contribution in [-0.4, -0.2) is 26.5 Å². The summed E-state index contributed by atoms with van der Waals surface area (Å²) in [5, 5.41) is 11.9. The fraction of sp³-hybridized carbons (Fsp3) is 0.600. The molecule has 0 amide bonds. The maximum Gasteiger partial charge on any atom is 0.453 e. The summed E-state index contributed by atoms with van der Waals surface area (Å²) in [5.41, 5.74) is -2.15. The fourth-order valence-corrected chi connectivity index (χ4v) is 1.40. The van der Waals surface area contributed by atoms with Crippen molar-refractivity contribution in [1.82, 2.24) is 14.8 Å². The van der Waals surface area contributed by atoms with Gasteiger partial charge in [-0.25, -0.2) is 16.2 Å². The quantitative estimate of drug-likeness (QED) is 0.634. The molecule has 1 rings (SSSR count). The summed E-state index contributed by atoms with van der Waals surface area (Å²) in [4.78, 5) is 5.77. The first-order valence-electron chi connectivity index (χ1n) is 5.35. The van der Waals surface area contributed by atoms with Crippen molar-refractivity contribution in [1.29, 1.82) is 5.26 Å². The molecule has 1 unspecified atom stereocenters. The number of aromatic nitrogens is 3. The average Bonchev–Trinajstić information content (AvgIpc) is 2.82. The van der Waals surface area contributed by atoms with Gasteiger partial charge in [0.2, 0.25) is 0 Å². The van der Waals surface area contributed by atoms with Gasteiger partial charge in [0.15, 0.2) is 6.07 Å². The Hall–Kier alpha value is -2.30. The van der Waals surface area contributed by atoms with E-state index in [0.717, 1.165) is 0 Å². The number of alkyl halides is 6. The Morgan fingerprint density at radius 3 is 2.24 bits per heavy atom. The van der Waals surface area contributed by atoms with Crippen molar-refractivity contribution in [2.24, 2.45) is 0 Å². The molecule has 114 valence electrons. The molecule has 0 radical (unpaired) electrons. The van der Waals surface area contributed by atoms with Crippen LogP contribution in [0.2, 0.25) is 0 Å². The van der Waals surface area contributed by atoms with Gasteiger partial charge in [-0.3, -0.25) is 4.85 Å². The fourth-order valence-electron chi connectivity index (χ4n) is 1.40. The summed E-state index contributed by atoms with van der Waals surface area (Å²) in [5.74, 6) is -1.49. The smallest absolute Gasteiger partial charge is 0.292 e. The highest BCUT2D eigenvalue weighted by atomic mass is 19.4. The Kier molecular flexibility index (Phi) is 4.46. The third-order valence-electron chi connectivity index (χ3n) is 2.46. The van der Waals surface area contributed by atoms with Crippen LogP contribution in [0.4, 0.5) is 26.3 Å². The van der Waals surface area contributed by atoms with E-state index in [1.54, 1.807) is 0 Å². The van der Waals surface area contributed by atoms with Crippen LogP contribution in [0.5, 0.6) is 0 Å². The summed E-state index contributed by atoms with van der Waals surface area (Å²) >= 11 is 0.